The molecule has 4 aliphatic rings. The van der Waals surface area contributed by atoms with Crippen molar-refractivity contribution in [1.82, 2.24) is 5.32 Å². The van der Waals surface area contributed by atoms with E-state index >= 15 is 0 Å². The molecule has 0 unspecified atom stereocenters. The maximum absolute atomic E-state index is 12.5. The predicted octanol–water partition coefficient (Wildman–Crippen LogP) is 3.23. The summed E-state index contributed by atoms with van der Waals surface area (Å²) in [6.07, 6.45) is 8.46. The van der Waals surface area contributed by atoms with Gasteiger partial charge in [0, 0.05) is 5.54 Å². The summed E-state index contributed by atoms with van der Waals surface area (Å²) in [5.41, 5.74) is 0.421. The quantitative estimate of drug-likeness (QED) is 0.455. The largest absolute Gasteiger partial charge is 0.497 e. The van der Waals surface area contributed by atoms with Crippen LogP contribution < -0.4 is 10.1 Å². The van der Waals surface area contributed by atoms with Crippen LogP contribution in [0.3, 0.4) is 0 Å². The van der Waals surface area contributed by atoms with Crippen molar-refractivity contribution in [3.8, 4) is 11.8 Å². The number of amides is 1. The first-order valence-corrected chi connectivity index (χ1v) is 10.2. The fraction of sp³-hybridized carbons (Fsp3) is 0.522. The summed E-state index contributed by atoms with van der Waals surface area (Å²) in [4.78, 5) is 24.7. The standard InChI is InChI=1S/C23H26N2O4/c1-28-20-4-2-15(3-5-20)9-19(13-24)22(27)29-14-21(26)25-23-10-16-6-17(11-23)8-18(7-16)12-23/h2-5,9,16-18H,6-8,10-12,14H2,1H3,(H,25,26). The molecule has 4 saturated carbocycles. The van der Waals surface area contributed by atoms with E-state index in [1.807, 2.05) is 6.07 Å². The lowest BCUT2D eigenvalue weighted by atomic mass is 9.53. The number of benzene rings is 1. The van der Waals surface area contributed by atoms with E-state index in [1.54, 1.807) is 31.4 Å². The van der Waals surface area contributed by atoms with Gasteiger partial charge >= 0.3 is 5.97 Å². The van der Waals surface area contributed by atoms with Crippen molar-refractivity contribution < 1.29 is 19.1 Å². The van der Waals surface area contributed by atoms with Gasteiger partial charge in [-0.25, -0.2) is 4.79 Å². The number of hydrogen-bond donors (Lipinski definition) is 1. The summed E-state index contributed by atoms with van der Waals surface area (Å²) >= 11 is 0. The normalized spacial score (nSPS) is 29.8. The van der Waals surface area contributed by atoms with Gasteiger partial charge in [0.15, 0.2) is 6.61 Å². The van der Waals surface area contributed by atoms with Crippen LogP contribution in [0.2, 0.25) is 0 Å². The van der Waals surface area contributed by atoms with E-state index in [4.69, 9.17) is 9.47 Å². The lowest BCUT2D eigenvalue weighted by Crippen LogP contribution is -2.60. The molecule has 152 valence electrons. The molecule has 0 saturated heterocycles. The fourth-order valence-electron chi connectivity index (χ4n) is 5.81. The van der Waals surface area contributed by atoms with Crippen LogP contribution in [-0.4, -0.2) is 31.1 Å². The van der Waals surface area contributed by atoms with Crippen LogP contribution in [0.4, 0.5) is 0 Å². The average Bonchev–Trinajstić information content (AvgIpc) is 2.69. The summed E-state index contributed by atoms with van der Waals surface area (Å²) in [5.74, 6) is 1.79. The zero-order valence-electron chi connectivity index (χ0n) is 16.6. The molecule has 4 bridgehead atoms. The van der Waals surface area contributed by atoms with Gasteiger partial charge in [-0.15, -0.1) is 0 Å². The molecule has 0 aliphatic heterocycles. The molecular formula is C23H26N2O4. The highest BCUT2D eigenvalue weighted by molar-refractivity contribution is 5.98. The number of carbonyl (C=O) groups excluding carboxylic acids is 2. The third-order valence-corrected chi connectivity index (χ3v) is 6.54. The zero-order chi connectivity index (χ0) is 20.4. The van der Waals surface area contributed by atoms with E-state index in [-0.39, 0.29) is 23.6 Å². The Kier molecular flexibility index (Phi) is 5.31. The summed E-state index contributed by atoms with van der Waals surface area (Å²) in [5, 5.41) is 12.5. The highest BCUT2D eigenvalue weighted by atomic mass is 16.5. The number of nitrogens with zero attached hydrogens (tertiary/aromatic N) is 1. The first-order chi connectivity index (χ1) is 14.0. The van der Waals surface area contributed by atoms with Crippen LogP contribution in [0.15, 0.2) is 29.8 Å². The number of esters is 1. The van der Waals surface area contributed by atoms with Crippen molar-refractivity contribution in [2.24, 2.45) is 17.8 Å². The minimum atomic E-state index is -0.788. The minimum absolute atomic E-state index is 0.116. The SMILES string of the molecule is COc1ccc(C=C(C#N)C(=O)OCC(=O)NC23CC4CC(CC(C4)C2)C3)cc1. The third kappa shape index (κ3) is 4.29. The molecule has 0 atom stereocenters. The van der Waals surface area contributed by atoms with Gasteiger partial charge in [-0.3, -0.25) is 4.79 Å². The Balaban J connectivity index is 1.33. The molecule has 0 spiro atoms. The van der Waals surface area contributed by atoms with Crippen LogP contribution in [0, 0.1) is 29.1 Å². The Morgan fingerprint density at radius 1 is 1.14 bits per heavy atom. The van der Waals surface area contributed by atoms with Gasteiger partial charge in [-0.1, -0.05) is 12.1 Å². The molecule has 1 amide bonds. The molecule has 1 aromatic carbocycles. The number of nitrogens with one attached hydrogen (secondary N) is 1. The van der Waals surface area contributed by atoms with Gasteiger partial charge in [0.05, 0.1) is 7.11 Å². The number of rotatable bonds is 6. The molecule has 1 aromatic rings. The number of carbonyl (C=O) groups is 2. The summed E-state index contributed by atoms with van der Waals surface area (Å²) < 4.78 is 10.2. The number of ether oxygens (including phenoxy) is 2. The molecule has 29 heavy (non-hydrogen) atoms. The van der Waals surface area contributed by atoms with Crippen LogP contribution in [0.1, 0.15) is 44.1 Å². The van der Waals surface area contributed by atoms with Gasteiger partial charge in [-0.2, -0.15) is 5.26 Å². The van der Waals surface area contributed by atoms with Crippen molar-refractivity contribution in [2.75, 3.05) is 13.7 Å². The average molecular weight is 394 g/mol. The molecule has 0 heterocycles. The van der Waals surface area contributed by atoms with Gasteiger partial charge < -0.3 is 14.8 Å². The zero-order valence-corrected chi connectivity index (χ0v) is 16.6. The number of methoxy groups -OCH3 is 1. The topological polar surface area (TPSA) is 88.4 Å². The summed E-state index contributed by atoms with van der Waals surface area (Å²) in [7, 11) is 1.57. The summed E-state index contributed by atoms with van der Waals surface area (Å²) in [6.45, 7) is -0.359. The van der Waals surface area contributed by atoms with Crippen LogP contribution in [0.25, 0.3) is 6.08 Å². The fourth-order valence-corrected chi connectivity index (χ4v) is 5.81. The second kappa shape index (κ2) is 7.90. The first kappa shape index (κ1) is 19.5. The molecule has 6 nitrogen and oxygen atoms in total. The molecular weight excluding hydrogens is 368 g/mol. The van der Waals surface area contributed by atoms with Gasteiger partial charge in [0.2, 0.25) is 0 Å². The molecule has 0 radical (unpaired) electrons. The van der Waals surface area contributed by atoms with E-state index < -0.39 is 5.97 Å². The van der Waals surface area contributed by atoms with Crippen LogP contribution in [0.5, 0.6) is 5.75 Å². The van der Waals surface area contributed by atoms with E-state index in [2.05, 4.69) is 5.32 Å². The van der Waals surface area contributed by atoms with Crippen molar-refractivity contribution in [1.29, 1.82) is 5.26 Å². The molecule has 0 aromatic heterocycles. The maximum atomic E-state index is 12.5. The van der Waals surface area contributed by atoms with E-state index in [1.165, 1.54) is 25.3 Å². The lowest BCUT2D eigenvalue weighted by molar-refractivity contribution is -0.146. The highest BCUT2D eigenvalue weighted by Crippen LogP contribution is 2.55. The molecule has 4 fully saturated rings. The van der Waals surface area contributed by atoms with Gasteiger partial charge in [0.25, 0.3) is 5.91 Å². The molecule has 4 aliphatic carbocycles. The Hall–Kier alpha value is -2.81. The smallest absolute Gasteiger partial charge is 0.349 e. The third-order valence-electron chi connectivity index (χ3n) is 6.54. The highest BCUT2D eigenvalue weighted by Gasteiger charge is 2.51. The van der Waals surface area contributed by atoms with Gasteiger partial charge in [0.1, 0.15) is 17.4 Å². The Morgan fingerprint density at radius 3 is 2.24 bits per heavy atom. The van der Waals surface area contributed by atoms with E-state index in [0.717, 1.165) is 37.0 Å². The first-order valence-electron chi connectivity index (χ1n) is 10.2. The van der Waals surface area contributed by atoms with E-state index in [9.17, 15) is 14.9 Å². The van der Waals surface area contributed by atoms with E-state index in [0.29, 0.717) is 11.3 Å². The van der Waals surface area contributed by atoms with Gasteiger partial charge in [-0.05, 0) is 80.1 Å². The van der Waals surface area contributed by atoms with Crippen LogP contribution in [-0.2, 0) is 14.3 Å². The van der Waals surface area contributed by atoms with Crippen LogP contribution >= 0.6 is 0 Å². The number of nitriles is 1. The molecule has 6 heteroatoms. The maximum Gasteiger partial charge on any atom is 0.349 e. The van der Waals surface area contributed by atoms with Crippen molar-refractivity contribution in [3.05, 3.63) is 35.4 Å². The predicted molar refractivity (Wildman–Crippen MR) is 107 cm³/mol. The van der Waals surface area contributed by atoms with Crippen molar-refractivity contribution in [3.63, 3.8) is 0 Å². The Labute approximate surface area is 170 Å². The Morgan fingerprint density at radius 2 is 1.72 bits per heavy atom. The number of hydrogen-bond acceptors (Lipinski definition) is 5. The minimum Gasteiger partial charge on any atom is -0.497 e. The second-order valence-corrected chi connectivity index (χ2v) is 8.77. The summed E-state index contributed by atoms with van der Waals surface area (Å²) in [6, 6.07) is 8.81. The molecule has 1 N–H and O–H groups in total. The molecule has 5 rings (SSSR count). The van der Waals surface area contributed by atoms with Crippen molar-refractivity contribution >= 4 is 18.0 Å². The second-order valence-electron chi connectivity index (χ2n) is 8.77. The Bertz CT molecular complexity index is 831. The van der Waals surface area contributed by atoms with Crippen molar-refractivity contribution in [2.45, 2.75) is 44.1 Å². The monoisotopic (exact) mass is 394 g/mol. The lowest BCUT2D eigenvalue weighted by Gasteiger charge is -2.56.